The van der Waals surface area contributed by atoms with Gasteiger partial charge in [0, 0.05) is 16.1 Å². The number of benzene rings is 3. The van der Waals surface area contributed by atoms with E-state index in [2.05, 4.69) is 10.3 Å². The van der Waals surface area contributed by atoms with Crippen molar-refractivity contribution >= 4 is 45.1 Å². The van der Waals surface area contributed by atoms with Gasteiger partial charge >= 0.3 is 0 Å². The third-order valence-corrected chi connectivity index (χ3v) is 5.63. The van der Waals surface area contributed by atoms with Crippen LogP contribution in [0.15, 0.2) is 83.9 Å². The first-order valence-electron chi connectivity index (χ1n) is 10.3. The molecule has 1 N–H and O–H groups in total. The van der Waals surface area contributed by atoms with E-state index in [-0.39, 0.29) is 23.5 Å². The van der Waals surface area contributed by atoms with Crippen molar-refractivity contribution in [2.75, 3.05) is 5.32 Å². The van der Waals surface area contributed by atoms with Crippen LogP contribution in [0.25, 0.3) is 21.9 Å². The van der Waals surface area contributed by atoms with E-state index < -0.39 is 5.82 Å². The SMILES string of the molecule is O=C(Cn1c2ccc(F)cc2c2ncn(Cc3ccccc3)c(=O)c21)Nc1cccc(Cl)c1. The van der Waals surface area contributed by atoms with Gasteiger partial charge in [0.2, 0.25) is 5.91 Å². The van der Waals surface area contributed by atoms with E-state index in [9.17, 15) is 14.0 Å². The minimum absolute atomic E-state index is 0.148. The average molecular weight is 461 g/mol. The molecule has 0 saturated carbocycles. The van der Waals surface area contributed by atoms with E-state index in [1.807, 2.05) is 30.3 Å². The number of amides is 1. The third kappa shape index (κ3) is 4.10. The van der Waals surface area contributed by atoms with Crippen LogP contribution in [0.1, 0.15) is 5.56 Å². The molecule has 0 spiro atoms. The van der Waals surface area contributed by atoms with E-state index in [4.69, 9.17) is 11.6 Å². The van der Waals surface area contributed by atoms with Gasteiger partial charge in [0.25, 0.3) is 5.56 Å². The molecule has 0 bridgehead atoms. The molecule has 0 unspecified atom stereocenters. The maximum atomic E-state index is 14.0. The molecule has 164 valence electrons. The lowest BCUT2D eigenvalue weighted by atomic mass is 10.2. The van der Waals surface area contributed by atoms with Crippen molar-refractivity contribution in [3.63, 3.8) is 0 Å². The molecule has 2 aromatic heterocycles. The standard InChI is InChI=1S/C25H18ClFN4O2/c26-17-7-4-8-19(11-17)29-22(32)14-31-21-10-9-18(27)12-20(21)23-24(31)25(33)30(15-28-23)13-16-5-2-1-3-6-16/h1-12,15H,13-14H2,(H,29,32). The largest absolute Gasteiger partial charge is 0.325 e. The second kappa shape index (κ2) is 8.52. The molecule has 0 saturated heterocycles. The van der Waals surface area contributed by atoms with Gasteiger partial charge in [-0.15, -0.1) is 0 Å². The summed E-state index contributed by atoms with van der Waals surface area (Å²) in [5.74, 6) is -0.793. The predicted octanol–water partition coefficient (Wildman–Crippen LogP) is 4.83. The normalized spacial score (nSPS) is 11.2. The number of nitrogens with one attached hydrogen (secondary N) is 1. The lowest BCUT2D eigenvalue weighted by Crippen LogP contribution is -2.25. The smallest absolute Gasteiger partial charge is 0.278 e. The Hall–Kier alpha value is -3.97. The van der Waals surface area contributed by atoms with Crippen LogP contribution in [0.4, 0.5) is 10.1 Å². The summed E-state index contributed by atoms with van der Waals surface area (Å²) in [7, 11) is 0. The van der Waals surface area contributed by atoms with Crippen molar-refractivity contribution in [2.24, 2.45) is 0 Å². The Balaban J connectivity index is 1.61. The Bertz CT molecular complexity index is 1560. The fourth-order valence-electron chi connectivity index (χ4n) is 3.94. The highest BCUT2D eigenvalue weighted by Crippen LogP contribution is 2.26. The molecule has 6 nitrogen and oxygen atoms in total. The molecule has 33 heavy (non-hydrogen) atoms. The number of rotatable bonds is 5. The summed E-state index contributed by atoms with van der Waals surface area (Å²) in [6, 6.07) is 20.5. The minimum Gasteiger partial charge on any atom is -0.325 e. The highest BCUT2D eigenvalue weighted by molar-refractivity contribution is 6.30. The van der Waals surface area contributed by atoms with Crippen LogP contribution in [0, 0.1) is 5.82 Å². The zero-order valence-electron chi connectivity index (χ0n) is 17.3. The van der Waals surface area contributed by atoms with Crippen LogP contribution < -0.4 is 10.9 Å². The molecule has 5 rings (SSSR count). The molecular formula is C25H18ClFN4O2. The molecule has 0 atom stereocenters. The lowest BCUT2D eigenvalue weighted by molar-refractivity contribution is -0.116. The van der Waals surface area contributed by atoms with Gasteiger partial charge in [0.05, 0.1) is 18.4 Å². The summed E-state index contributed by atoms with van der Waals surface area (Å²) in [5, 5.41) is 3.76. The van der Waals surface area contributed by atoms with Gasteiger partial charge in [0.15, 0.2) is 0 Å². The minimum atomic E-state index is -0.444. The van der Waals surface area contributed by atoms with Gasteiger partial charge in [-0.1, -0.05) is 48.0 Å². The molecule has 3 aromatic carbocycles. The molecule has 0 radical (unpaired) electrons. The van der Waals surface area contributed by atoms with Crippen LogP contribution in [0.5, 0.6) is 0 Å². The molecule has 0 fully saturated rings. The van der Waals surface area contributed by atoms with Crippen LogP contribution in [0.2, 0.25) is 5.02 Å². The Morgan fingerprint density at radius 3 is 2.64 bits per heavy atom. The van der Waals surface area contributed by atoms with Crippen LogP contribution >= 0.6 is 11.6 Å². The fourth-order valence-corrected chi connectivity index (χ4v) is 4.13. The number of carbonyl (C=O) groups is 1. The van der Waals surface area contributed by atoms with Crippen LogP contribution in [-0.2, 0) is 17.9 Å². The Morgan fingerprint density at radius 1 is 1.03 bits per heavy atom. The highest BCUT2D eigenvalue weighted by atomic mass is 35.5. The Morgan fingerprint density at radius 2 is 1.85 bits per heavy atom. The fraction of sp³-hybridized carbons (Fsp3) is 0.0800. The number of anilines is 1. The van der Waals surface area contributed by atoms with Crippen molar-refractivity contribution in [2.45, 2.75) is 13.1 Å². The highest BCUT2D eigenvalue weighted by Gasteiger charge is 2.19. The summed E-state index contributed by atoms with van der Waals surface area (Å²) in [4.78, 5) is 30.8. The van der Waals surface area contributed by atoms with E-state index in [1.54, 1.807) is 34.9 Å². The zero-order chi connectivity index (χ0) is 22.9. The van der Waals surface area contributed by atoms with Crippen molar-refractivity contribution in [3.8, 4) is 0 Å². The van der Waals surface area contributed by atoms with Gasteiger partial charge in [-0.05, 0) is 42.0 Å². The van der Waals surface area contributed by atoms with Crippen molar-refractivity contribution in [1.29, 1.82) is 0 Å². The van der Waals surface area contributed by atoms with Gasteiger partial charge in [-0.3, -0.25) is 14.2 Å². The molecule has 8 heteroatoms. The number of hydrogen-bond acceptors (Lipinski definition) is 3. The third-order valence-electron chi connectivity index (χ3n) is 5.39. The number of hydrogen-bond donors (Lipinski definition) is 1. The second-order valence-electron chi connectivity index (χ2n) is 7.67. The summed E-state index contributed by atoms with van der Waals surface area (Å²) >= 11 is 6.00. The number of halogens is 2. The van der Waals surface area contributed by atoms with E-state index in [0.29, 0.717) is 33.7 Å². The number of fused-ring (bicyclic) bond motifs is 3. The second-order valence-corrected chi connectivity index (χ2v) is 8.10. The summed E-state index contributed by atoms with van der Waals surface area (Å²) in [6.45, 7) is 0.178. The molecule has 0 aliphatic carbocycles. The Kier molecular flexibility index (Phi) is 5.40. The summed E-state index contributed by atoms with van der Waals surface area (Å²) in [5.41, 5.74) is 2.32. The molecular weight excluding hydrogens is 443 g/mol. The number of carbonyl (C=O) groups excluding carboxylic acids is 1. The lowest BCUT2D eigenvalue weighted by Gasteiger charge is -2.10. The molecule has 0 aliphatic rings. The molecule has 5 aromatic rings. The summed E-state index contributed by atoms with van der Waals surface area (Å²) < 4.78 is 17.1. The topological polar surface area (TPSA) is 68.9 Å². The van der Waals surface area contributed by atoms with E-state index >= 15 is 0 Å². The first-order chi connectivity index (χ1) is 16.0. The molecule has 1 amide bonds. The van der Waals surface area contributed by atoms with Gasteiger partial charge in [-0.25, -0.2) is 9.37 Å². The number of nitrogens with zero attached hydrogens (tertiary/aromatic N) is 3. The van der Waals surface area contributed by atoms with Crippen molar-refractivity contribution < 1.29 is 9.18 Å². The maximum Gasteiger partial charge on any atom is 0.278 e. The zero-order valence-corrected chi connectivity index (χ0v) is 18.1. The van der Waals surface area contributed by atoms with Crippen LogP contribution in [-0.4, -0.2) is 20.0 Å². The van der Waals surface area contributed by atoms with Crippen molar-refractivity contribution in [1.82, 2.24) is 14.1 Å². The molecule has 0 aliphatic heterocycles. The van der Waals surface area contributed by atoms with Gasteiger partial charge in [-0.2, -0.15) is 0 Å². The number of aromatic nitrogens is 3. The van der Waals surface area contributed by atoms with Gasteiger partial charge < -0.3 is 9.88 Å². The predicted molar refractivity (Wildman–Crippen MR) is 127 cm³/mol. The average Bonchev–Trinajstić information content (AvgIpc) is 3.09. The quantitative estimate of drug-likeness (QED) is 0.408. The first kappa shape index (κ1) is 20.9. The maximum absolute atomic E-state index is 14.0. The molecule has 2 heterocycles. The Labute approximate surface area is 192 Å². The van der Waals surface area contributed by atoms with E-state index in [1.165, 1.54) is 23.0 Å². The monoisotopic (exact) mass is 460 g/mol. The summed E-state index contributed by atoms with van der Waals surface area (Å²) in [6.07, 6.45) is 1.46. The first-order valence-corrected chi connectivity index (χ1v) is 10.6. The van der Waals surface area contributed by atoms with Crippen molar-refractivity contribution in [3.05, 3.63) is 106 Å². The van der Waals surface area contributed by atoms with Crippen LogP contribution in [0.3, 0.4) is 0 Å². The van der Waals surface area contributed by atoms with E-state index in [0.717, 1.165) is 5.56 Å². The van der Waals surface area contributed by atoms with Gasteiger partial charge in [0.1, 0.15) is 23.4 Å².